The Hall–Kier alpha value is -2.73. The molecule has 2 atom stereocenters. The van der Waals surface area contributed by atoms with Crippen LogP contribution in [-0.2, 0) is 4.79 Å². The number of nitrogens with zero attached hydrogens (tertiary/aromatic N) is 1. The van der Waals surface area contributed by atoms with E-state index < -0.39 is 5.92 Å². The molecule has 7 heteroatoms. The van der Waals surface area contributed by atoms with Gasteiger partial charge in [0.15, 0.2) is 0 Å². The molecule has 0 saturated carbocycles. The van der Waals surface area contributed by atoms with Crippen LogP contribution in [0.2, 0.25) is 5.02 Å². The summed E-state index contributed by atoms with van der Waals surface area (Å²) in [6.45, 7) is 5.58. The van der Waals surface area contributed by atoms with E-state index in [-0.39, 0.29) is 17.7 Å². The number of carbonyl (C=O) groups is 2. The molecule has 1 N–H and O–H groups in total. The first kappa shape index (κ1) is 23.9. The number of hydrogen-bond acceptors (Lipinski definition) is 4. The summed E-state index contributed by atoms with van der Waals surface area (Å²) in [5, 5.41) is 3.56. The first-order valence-electron chi connectivity index (χ1n) is 10.9. The lowest BCUT2D eigenvalue weighted by Crippen LogP contribution is -2.36. The second kappa shape index (κ2) is 10.7. The van der Waals surface area contributed by atoms with E-state index >= 15 is 0 Å². The van der Waals surface area contributed by atoms with Crippen LogP contribution in [0.3, 0.4) is 0 Å². The Morgan fingerprint density at radius 3 is 2.56 bits per heavy atom. The highest BCUT2D eigenvalue weighted by Gasteiger charge is 2.41. The van der Waals surface area contributed by atoms with Crippen LogP contribution in [0.4, 0.5) is 0 Å². The largest absolute Gasteiger partial charge is 0.497 e. The van der Waals surface area contributed by atoms with E-state index in [1.165, 1.54) is 0 Å². The van der Waals surface area contributed by atoms with Crippen molar-refractivity contribution in [1.82, 2.24) is 10.2 Å². The van der Waals surface area contributed by atoms with Gasteiger partial charge in [0.05, 0.1) is 20.1 Å². The summed E-state index contributed by atoms with van der Waals surface area (Å²) in [6.07, 6.45) is 0.900. The first-order chi connectivity index (χ1) is 15.3. The van der Waals surface area contributed by atoms with Crippen LogP contribution in [0.25, 0.3) is 0 Å². The molecule has 172 valence electrons. The molecule has 1 aliphatic rings. The van der Waals surface area contributed by atoms with E-state index in [4.69, 9.17) is 21.1 Å². The lowest BCUT2D eigenvalue weighted by atomic mass is 9.87. The highest BCUT2D eigenvalue weighted by Crippen LogP contribution is 2.40. The van der Waals surface area contributed by atoms with Gasteiger partial charge in [-0.1, -0.05) is 31.5 Å². The van der Waals surface area contributed by atoms with E-state index in [1.54, 1.807) is 43.4 Å². The number of hydrogen-bond donors (Lipinski definition) is 1. The van der Waals surface area contributed by atoms with E-state index in [0.717, 1.165) is 12.0 Å². The lowest BCUT2D eigenvalue weighted by Gasteiger charge is -2.21. The fourth-order valence-corrected chi connectivity index (χ4v) is 4.29. The Kier molecular flexibility index (Phi) is 8.02. The number of halogens is 1. The molecule has 1 heterocycles. The van der Waals surface area contributed by atoms with Gasteiger partial charge in [-0.05, 0) is 48.7 Å². The normalized spacial score (nSPS) is 18.0. The third kappa shape index (κ3) is 5.54. The van der Waals surface area contributed by atoms with Crippen molar-refractivity contribution in [3.05, 3.63) is 58.6 Å². The zero-order valence-electron chi connectivity index (χ0n) is 19.1. The van der Waals surface area contributed by atoms with Gasteiger partial charge in [-0.3, -0.25) is 9.59 Å². The first-order valence-corrected chi connectivity index (χ1v) is 11.3. The van der Waals surface area contributed by atoms with Crippen LogP contribution in [0.15, 0.2) is 42.5 Å². The molecule has 0 aromatic heterocycles. The summed E-state index contributed by atoms with van der Waals surface area (Å²) in [6, 6.07) is 12.4. The summed E-state index contributed by atoms with van der Waals surface area (Å²) in [7, 11) is 3.21. The predicted molar refractivity (Wildman–Crippen MR) is 126 cm³/mol. The summed E-state index contributed by atoms with van der Waals surface area (Å²) in [4.78, 5) is 28.1. The Bertz CT molecular complexity index is 963. The van der Waals surface area contributed by atoms with Crippen molar-refractivity contribution in [2.75, 3.05) is 33.9 Å². The lowest BCUT2D eigenvalue weighted by molar-refractivity contribution is -0.124. The summed E-state index contributed by atoms with van der Waals surface area (Å²) >= 11 is 6.09. The van der Waals surface area contributed by atoms with Crippen molar-refractivity contribution in [1.29, 1.82) is 0 Å². The number of rotatable bonds is 8. The van der Waals surface area contributed by atoms with Gasteiger partial charge >= 0.3 is 0 Å². The molecule has 1 saturated heterocycles. The minimum atomic E-state index is -0.397. The number of likely N-dealkylation sites (tertiary alicyclic amines) is 1. The maximum Gasteiger partial charge on any atom is 0.253 e. The van der Waals surface area contributed by atoms with Crippen molar-refractivity contribution in [2.24, 2.45) is 11.8 Å². The van der Waals surface area contributed by atoms with Crippen molar-refractivity contribution in [3.63, 3.8) is 0 Å². The Morgan fingerprint density at radius 1 is 1.12 bits per heavy atom. The van der Waals surface area contributed by atoms with Gasteiger partial charge in [0.2, 0.25) is 5.91 Å². The molecule has 2 aromatic rings. The van der Waals surface area contributed by atoms with Crippen molar-refractivity contribution in [2.45, 2.75) is 26.2 Å². The van der Waals surface area contributed by atoms with Gasteiger partial charge in [0.25, 0.3) is 5.91 Å². The highest BCUT2D eigenvalue weighted by atomic mass is 35.5. The van der Waals surface area contributed by atoms with Crippen molar-refractivity contribution in [3.8, 4) is 11.5 Å². The number of nitrogens with one attached hydrogen (secondary N) is 1. The summed E-state index contributed by atoms with van der Waals surface area (Å²) in [5.74, 6) is 1.04. The molecule has 0 bridgehead atoms. The van der Waals surface area contributed by atoms with Crippen molar-refractivity contribution >= 4 is 23.4 Å². The Labute approximate surface area is 194 Å². The van der Waals surface area contributed by atoms with E-state index in [0.29, 0.717) is 47.6 Å². The number of methoxy groups -OCH3 is 2. The molecule has 6 nitrogen and oxygen atoms in total. The highest BCUT2D eigenvalue weighted by molar-refractivity contribution is 6.30. The molecule has 32 heavy (non-hydrogen) atoms. The van der Waals surface area contributed by atoms with Crippen LogP contribution >= 0.6 is 11.6 Å². The maximum atomic E-state index is 13.2. The maximum absolute atomic E-state index is 13.2. The van der Waals surface area contributed by atoms with Crippen LogP contribution < -0.4 is 14.8 Å². The van der Waals surface area contributed by atoms with Gasteiger partial charge in [0, 0.05) is 41.7 Å². The molecule has 3 rings (SSSR count). The van der Waals surface area contributed by atoms with E-state index in [2.05, 4.69) is 19.2 Å². The monoisotopic (exact) mass is 458 g/mol. The predicted octanol–water partition coefficient (Wildman–Crippen LogP) is 4.38. The fourth-order valence-electron chi connectivity index (χ4n) is 4.10. The number of ether oxygens (including phenoxy) is 2. The van der Waals surface area contributed by atoms with E-state index in [9.17, 15) is 9.59 Å². The topological polar surface area (TPSA) is 67.9 Å². The SMILES string of the molecule is COc1ccc(OC)c(C2CN(C(=O)c3cccc(Cl)c3)CC2C(=O)NCCC(C)C)c1. The quantitative estimate of drug-likeness (QED) is 0.637. The molecule has 1 fully saturated rings. The van der Waals surface area contributed by atoms with Gasteiger partial charge in [-0.15, -0.1) is 0 Å². The third-order valence-electron chi connectivity index (χ3n) is 5.87. The third-order valence-corrected chi connectivity index (χ3v) is 6.11. The molecular weight excluding hydrogens is 428 g/mol. The second-order valence-corrected chi connectivity index (χ2v) is 8.95. The zero-order chi connectivity index (χ0) is 23.3. The van der Waals surface area contributed by atoms with Gasteiger partial charge in [0.1, 0.15) is 11.5 Å². The molecule has 2 unspecified atom stereocenters. The smallest absolute Gasteiger partial charge is 0.253 e. The number of carbonyl (C=O) groups excluding carboxylic acids is 2. The van der Waals surface area contributed by atoms with Gasteiger partial charge in [-0.2, -0.15) is 0 Å². The number of amides is 2. The fraction of sp³-hybridized carbons (Fsp3) is 0.440. The van der Waals surface area contributed by atoms with Gasteiger partial charge < -0.3 is 19.7 Å². The average Bonchev–Trinajstić information content (AvgIpc) is 3.23. The Morgan fingerprint density at radius 2 is 1.91 bits per heavy atom. The zero-order valence-corrected chi connectivity index (χ0v) is 19.8. The Balaban J connectivity index is 1.91. The molecule has 2 aromatic carbocycles. The average molecular weight is 459 g/mol. The van der Waals surface area contributed by atoms with Crippen LogP contribution in [0.5, 0.6) is 11.5 Å². The second-order valence-electron chi connectivity index (χ2n) is 8.51. The van der Waals surface area contributed by atoms with Crippen LogP contribution in [0.1, 0.15) is 42.1 Å². The molecule has 1 aliphatic heterocycles. The minimum absolute atomic E-state index is 0.0538. The molecule has 0 aliphatic carbocycles. The van der Waals surface area contributed by atoms with Crippen LogP contribution in [0, 0.1) is 11.8 Å². The van der Waals surface area contributed by atoms with E-state index in [1.807, 2.05) is 18.2 Å². The van der Waals surface area contributed by atoms with Crippen LogP contribution in [-0.4, -0.2) is 50.6 Å². The minimum Gasteiger partial charge on any atom is -0.497 e. The number of benzene rings is 2. The molecule has 0 spiro atoms. The molecular formula is C25H31ClN2O4. The molecule has 2 amide bonds. The van der Waals surface area contributed by atoms with Crippen molar-refractivity contribution < 1.29 is 19.1 Å². The summed E-state index contributed by atoms with van der Waals surface area (Å²) in [5.41, 5.74) is 1.37. The standard InChI is InChI=1S/C25H31ClN2O4/c1-16(2)10-11-27-24(29)22-15-28(25(30)17-6-5-7-18(26)12-17)14-21(22)20-13-19(31-3)8-9-23(20)32-4/h5-9,12-13,16,21-22H,10-11,14-15H2,1-4H3,(H,27,29). The molecule has 0 radical (unpaired) electrons. The van der Waals surface area contributed by atoms with Gasteiger partial charge in [-0.25, -0.2) is 0 Å². The summed E-state index contributed by atoms with van der Waals surface area (Å²) < 4.78 is 11.0.